The van der Waals surface area contributed by atoms with Crippen LogP contribution in [0.3, 0.4) is 0 Å². The molecular formula is C15H18O2. The van der Waals surface area contributed by atoms with E-state index in [0.717, 1.165) is 34.4 Å². The minimum atomic E-state index is -0.594. The Bertz CT molecular complexity index is 511. The van der Waals surface area contributed by atoms with Crippen LogP contribution in [0.1, 0.15) is 41.0 Å². The number of rotatable bonds is 3. The van der Waals surface area contributed by atoms with Crippen LogP contribution < -0.4 is 0 Å². The molecule has 0 saturated carbocycles. The van der Waals surface area contributed by atoms with Crippen LogP contribution in [0.2, 0.25) is 0 Å². The summed E-state index contributed by atoms with van der Waals surface area (Å²) in [5, 5.41) is 10.4. The first-order chi connectivity index (χ1) is 8.13. The Morgan fingerprint density at radius 1 is 1.18 bits per heavy atom. The third-order valence-electron chi connectivity index (χ3n) is 3.12. The molecule has 2 rings (SSSR count). The molecule has 0 fully saturated rings. The standard InChI is InChI=1S/C15H18O2/c1-4-14-12(7-8-17-14)15(16)13-9-10(2)5-6-11(13)3/h5-9,15-16H,4H2,1-3H3. The van der Waals surface area contributed by atoms with Crippen molar-refractivity contribution in [1.82, 2.24) is 0 Å². The van der Waals surface area contributed by atoms with Gasteiger partial charge >= 0.3 is 0 Å². The number of furan rings is 1. The largest absolute Gasteiger partial charge is 0.469 e. The maximum atomic E-state index is 10.4. The van der Waals surface area contributed by atoms with Gasteiger partial charge < -0.3 is 9.52 Å². The van der Waals surface area contributed by atoms with E-state index in [-0.39, 0.29) is 0 Å². The van der Waals surface area contributed by atoms with E-state index in [4.69, 9.17) is 4.42 Å². The van der Waals surface area contributed by atoms with Crippen LogP contribution in [-0.2, 0) is 6.42 Å². The van der Waals surface area contributed by atoms with Gasteiger partial charge in [0.2, 0.25) is 0 Å². The molecule has 1 N–H and O–H groups in total. The summed E-state index contributed by atoms with van der Waals surface area (Å²) >= 11 is 0. The second-order valence-electron chi connectivity index (χ2n) is 4.42. The lowest BCUT2D eigenvalue weighted by atomic mass is 9.95. The van der Waals surface area contributed by atoms with Gasteiger partial charge in [-0.05, 0) is 31.0 Å². The number of aryl methyl sites for hydroxylation is 3. The molecule has 0 saturated heterocycles. The lowest BCUT2D eigenvalue weighted by molar-refractivity contribution is 0.216. The molecule has 1 unspecified atom stereocenters. The first kappa shape index (κ1) is 11.9. The molecule has 0 amide bonds. The predicted octanol–water partition coefficient (Wildman–Crippen LogP) is 3.54. The normalized spacial score (nSPS) is 12.7. The molecule has 0 aliphatic heterocycles. The zero-order valence-corrected chi connectivity index (χ0v) is 10.5. The van der Waals surface area contributed by atoms with Gasteiger partial charge in [0.25, 0.3) is 0 Å². The fraction of sp³-hybridized carbons (Fsp3) is 0.333. The van der Waals surface area contributed by atoms with Gasteiger partial charge in [-0.3, -0.25) is 0 Å². The van der Waals surface area contributed by atoms with Gasteiger partial charge in [0.05, 0.1) is 6.26 Å². The molecule has 0 aliphatic rings. The van der Waals surface area contributed by atoms with Crippen molar-refractivity contribution in [2.75, 3.05) is 0 Å². The SMILES string of the molecule is CCc1occc1C(O)c1cc(C)ccc1C. The van der Waals surface area contributed by atoms with Gasteiger partial charge in [-0.25, -0.2) is 0 Å². The van der Waals surface area contributed by atoms with E-state index in [9.17, 15) is 5.11 Å². The van der Waals surface area contributed by atoms with E-state index in [1.54, 1.807) is 6.26 Å². The second-order valence-corrected chi connectivity index (χ2v) is 4.42. The minimum Gasteiger partial charge on any atom is -0.469 e. The topological polar surface area (TPSA) is 33.4 Å². The van der Waals surface area contributed by atoms with Crippen molar-refractivity contribution >= 4 is 0 Å². The van der Waals surface area contributed by atoms with E-state index >= 15 is 0 Å². The fourth-order valence-corrected chi connectivity index (χ4v) is 2.10. The summed E-state index contributed by atoms with van der Waals surface area (Å²) in [5.74, 6) is 0.860. The number of aliphatic hydroxyl groups excluding tert-OH is 1. The average molecular weight is 230 g/mol. The summed E-state index contributed by atoms with van der Waals surface area (Å²) in [5.41, 5.74) is 4.10. The van der Waals surface area contributed by atoms with E-state index in [0.29, 0.717) is 0 Å². The highest BCUT2D eigenvalue weighted by Crippen LogP contribution is 2.28. The number of benzene rings is 1. The smallest absolute Gasteiger partial charge is 0.109 e. The maximum absolute atomic E-state index is 10.4. The third kappa shape index (κ3) is 2.27. The Hall–Kier alpha value is -1.54. The lowest BCUT2D eigenvalue weighted by Gasteiger charge is -2.14. The first-order valence-electron chi connectivity index (χ1n) is 5.95. The predicted molar refractivity (Wildman–Crippen MR) is 68.1 cm³/mol. The third-order valence-corrected chi connectivity index (χ3v) is 3.12. The highest BCUT2D eigenvalue weighted by Gasteiger charge is 2.17. The van der Waals surface area contributed by atoms with Crippen molar-refractivity contribution in [1.29, 1.82) is 0 Å². The first-order valence-corrected chi connectivity index (χ1v) is 5.95. The molecule has 0 spiro atoms. The molecule has 1 atom stereocenters. The van der Waals surface area contributed by atoms with Crippen LogP contribution in [0, 0.1) is 13.8 Å². The Kier molecular flexibility index (Phi) is 3.34. The molecule has 90 valence electrons. The summed E-state index contributed by atoms with van der Waals surface area (Å²) in [6.07, 6.45) is 1.84. The van der Waals surface area contributed by atoms with Gasteiger partial charge in [0, 0.05) is 12.0 Å². The monoisotopic (exact) mass is 230 g/mol. The molecule has 2 aromatic rings. The summed E-state index contributed by atoms with van der Waals surface area (Å²) in [7, 11) is 0. The van der Waals surface area contributed by atoms with Crippen LogP contribution in [0.15, 0.2) is 34.9 Å². The molecular weight excluding hydrogens is 212 g/mol. The summed E-state index contributed by atoms with van der Waals surface area (Å²) in [4.78, 5) is 0. The second kappa shape index (κ2) is 4.76. The van der Waals surface area contributed by atoms with Crippen molar-refractivity contribution in [2.45, 2.75) is 33.3 Å². The molecule has 0 radical (unpaired) electrons. The Morgan fingerprint density at radius 2 is 1.94 bits per heavy atom. The van der Waals surface area contributed by atoms with Gasteiger partial charge in [-0.15, -0.1) is 0 Å². The number of hydrogen-bond acceptors (Lipinski definition) is 2. The zero-order valence-electron chi connectivity index (χ0n) is 10.5. The summed E-state index contributed by atoms with van der Waals surface area (Å²) in [6.45, 7) is 6.08. The molecule has 2 heteroatoms. The van der Waals surface area contributed by atoms with Gasteiger partial charge in [-0.2, -0.15) is 0 Å². The highest BCUT2D eigenvalue weighted by molar-refractivity contribution is 5.38. The quantitative estimate of drug-likeness (QED) is 0.874. The molecule has 1 aromatic carbocycles. The van der Waals surface area contributed by atoms with Crippen molar-refractivity contribution in [3.8, 4) is 0 Å². The molecule has 1 heterocycles. The molecule has 0 bridgehead atoms. The maximum Gasteiger partial charge on any atom is 0.109 e. The van der Waals surface area contributed by atoms with Crippen LogP contribution in [0.5, 0.6) is 0 Å². The Labute approximate surface area is 102 Å². The lowest BCUT2D eigenvalue weighted by Crippen LogP contribution is -2.03. The van der Waals surface area contributed by atoms with Crippen LogP contribution >= 0.6 is 0 Å². The van der Waals surface area contributed by atoms with E-state index in [1.807, 2.05) is 39.0 Å². The van der Waals surface area contributed by atoms with Crippen LogP contribution in [-0.4, -0.2) is 5.11 Å². The summed E-state index contributed by atoms with van der Waals surface area (Å²) < 4.78 is 5.37. The van der Waals surface area contributed by atoms with Crippen molar-refractivity contribution in [2.24, 2.45) is 0 Å². The number of hydrogen-bond donors (Lipinski definition) is 1. The molecule has 0 aliphatic carbocycles. The van der Waals surface area contributed by atoms with Crippen LogP contribution in [0.4, 0.5) is 0 Å². The van der Waals surface area contributed by atoms with Crippen molar-refractivity contribution < 1.29 is 9.52 Å². The van der Waals surface area contributed by atoms with Gasteiger partial charge in [0.1, 0.15) is 11.9 Å². The number of aliphatic hydroxyl groups is 1. The highest BCUT2D eigenvalue weighted by atomic mass is 16.3. The average Bonchev–Trinajstić information content (AvgIpc) is 2.79. The van der Waals surface area contributed by atoms with Crippen molar-refractivity contribution in [3.05, 3.63) is 58.5 Å². The molecule has 17 heavy (non-hydrogen) atoms. The van der Waals surface area contributed by atoms with E-state index < -0.39 is 6.10 Å². The summed E-state index contributed by atoms with van der Waals surface area (Å²) in [6, 6.07) is 7.99. The molecule has 1 aromatic heterocycles. The zero-order chi connectivity index (χ0) is 12.4. The van der Waals surface area contributed by atoms with E-state index in [1.165, 1.54) is 0 Å². The Balaban J connectivity index is 2.43. The van der Waals surface area contributed by atoms with E-state index in [2.05, 4.69) is 6.07 Å². The fourth-order valence-electron chi connectivity index (χ4n) is 2.10. The van der Waals surface area contributed by atoms with Crippen LogP contribution in [0.25, 0.3) is 0 Å². The van der Waals surface area contributed by atoms with Gasteiger partial charge in [0.15, 0.2) is 0 Å². The van der Waals surface area contributed by atoms with Crippen molar-refractivity contribution in [3.63, 3.8) is 0 Å². The minimum absolute atomic E-state index is 0.594. The Morgan fingerprint density at radius 3 is 2.65 bits per heavy atom. The molecule has 2 nitrogen and oxygen atoms in total. The van der Waals surface area contributed by atoms with Gasteiger partial charge in [-0.1, -0.05) is 30.7 Å².